The first-order valence-electron chi connectivity index (χ1n) is 5.29. The third-order valence-electron chi connectivity index (χ3n) is 2.65. The van der Waals surface area contributed by atoms with Crippen molar-refractivity contribution in [1.29, 1.82) is 0 Å². The minimum absolute atomic E-state index is 0.218. The van der Waals surface area contributed by atoms with Crippen LogP contribution >= 0.6 is 0 Å². The molecular formula is C11H16N2O4. The Hall–Kier alpha value is -1.74. The largest absolute Gasteiger partial charge is 0.480 e. The Kier molecular flexibility index (Phi) is 4.79. The molecule has 0 aromatic carbocycles. The highest BCUT2D eigenvalue weighted by molar-refractivity contribution is 5.83. The maximum Gasteiger partial charge on any atom is 0.326 e. The minimum atomic E-state index is -1.01. The zero-order valence-electron chi connectivity index (χ0n) is 9.90. The van der Waals surface area contributed by atoms with E-state index < -0.39 is 18.0 Å². The highest BCUT2D eigenvalue weighted by atomic mass is 16.5. The third kappa shape index (κ3) is 3.36. The lowest BCUT2D eigenvalue weighted by atomic mass is 10.2. The normalized spacial score (nSPS) is 22.8. The zero-order valence-corrected chi connectivity index (χ0v) is 9.90. The van der Waals surface area contributed by atoms with Crippen molar-refractivity contribution in [2.45, 2.75) is 25.5 Å². The fraction of sp³-hybridized carbons (Fsp3) is 0.636. The Labute approximate surface area is 99.9 Å². The zero-order chi connectivity index (χ0) is 12.8. The second kappa shape index (κ2) is 6.11. The Morgan fingerprint density at radius 1 is 1.59 bits per heavy atom. The standard InChI is InChI=1S/C11H16N2O4/c1-3-4-5-12-11(16)13-7-8(17-2)6-9(13)10(14)15/h8-9H,5-7H2,1-2H3,(H,12,16)(H,14,15). The van der Waals surface area contributed by atoms with Gasteiger partial charge in [-0.3, -0.25) is 0 Å². The number of nitrogens with one attached hydrogen (secondary N) is 1. The van der Waals surface area contributed by atoms with Crippen molar-refractivity contribution in [2.24, 2.45) is 0 Å². The second-order valence-corrected chi connectivity index (χ2v) is 3.69. The number of carbonyl (C=O) groups excluding carboxylic acids is 1. The van der Waals surface area contributed by atoms with E-state index >= 15 is 0 Å². The summed E-state index contributed by atoms with van der Waals surface area (Å²) >= 11 is 0. The summed E-state index contributed by atoms with van der Waals surface area (Å²) in [5.41, 5.74) is 0. The summed E-state index contributed by atoms with van der Waals surface area (Å²) in [7, 11) is 1.51. The maximum absolute atomic E-state index is 11.7. The summed E-state index contributed by atoms with van der Waals surface area (Å²) in [6, 6.07) is -1.24. The quantitative estimate of drug-likeness (QED) is 0.675. The summed E-state index contributed by atoms with van der Waals surface area (Å²) in [4.78, 5) is 24.0. The van der Waals surface area contributed by atoms with Crippen LogP contribution in [0.4, 0.5) is 4.79 Å². The van der Waals surface area contributed by atoms with Gasteiger partial charge in [0, 0.05) is 20.1 Å². The van der Waals surface area contributed by atoms with E-state index in [9.17, 15) is 9.59 Å². The molecule has 0 bridgehead atoms. The summed E-state index contributed by atoms with van der Waals surface area (Å²) in [6.45, 7) is 2.18. The number of aliphatic carboxylic acids is 1. The Balaban J connectivity index is 2.62. The Morgan fingerprint density at radius 2 is 2.29 bits per heavy atom. The number of hydrogen-bond acceptors (Lipinski definition) is 3. The molecule has 2 atom stereocenters. The number of carboxylic acid groups (broad SMARTS) is 1. The van der Waals surface area contributed by atoms with Gasteiger partial charge in [0.2, 0.25) is 0 Å². The molecule has 17 heavy (non-hydrogen) atoms. The molecule has 1 rings (SSSR count). The molecule has 0 saturated carbocycles. The van der Waals surface area contributed by atoms with Crippen LogP contribution in [0.25, 0.3) is 0 Å². The number of likely N-dealkylation sites (tertiary alicyclic amines) is 1. The first-order valence-corrected chi connectivity index (χ1v) is 5.29. The number of urea groups is 1. The monoisotopic (exact) mass is 240 g/mol. The van der Waals surface area contributed by atoms with E-state index in [1.807, 2.05) is 0 Å². The third-order valence-corrected chi connectivity index (χ3v) is 2.65. The summed E-state index contributed by atoms with van der Waals surface area (Å²) in [5, 5.41) is 11.6. The van der Waals surface area contributed by atoms with Gasteiger partial charge in [0.15, 0.2) is 0 Å². The van der Waals surface area contributed by atoms with Crippen molar-refractivity contribution >= 4 is 12.0 Å². The number of carbonyl (C=O) groups is 2. The van der Waals surface area contributed by atoms with Crippen LogP contribution in [0.3, 0.4) is 0 Å². The van der Waals surface area contributed by atoms with E-state index in [1.54, 1.807) is 6.92 Å². The molecule has 2 unspecified atom stereocenters. The van der Waals surface area contributed by atoms with Gasteiger partial charge in [0.05, 0.1) is 12.6 Å². The van der Waals surface area contributed by atoms with Crippen LogP contribution in [0.2, 0.25) is 0 Å². The molecule has 2 amide bonds. The molecule has 0 aliphatic carbocycles. The number of rotatable bonds is 3. The van der Waals surface area contributed by atoms with Crippen LogP contribution in [0.15, 0.2) is 0 Å². The fourth-order valence-corrected chi connectivity index (χ4v) is 1.74. The SMILES string of the molecule is CC#CCNC(=O)N1CC(OC)CC1C(=O)O. The van der Waals surface area contributed by atoms with Crippen molar-refractivity contribution in [3.8, 4) is 11.8 Å². The van der Waals surface area contributed by atoms with E-state index in [0.717, 1.165) is 0 Å². The van der Waals surface area contributed by atoms with E-state index in [0.29, 0.717) is 13.0 Å². The number of nitrogens with zero attached hydrogens (tertiary/aromatic N) is 1. The van der Waals surface area contributed by atoms with Gasteiger partial charge in [-0.05, 0) is 6.92 Å². The molecule has 0 radical (unpaired) electrons. The molecule has 6 heteroatoms. The average molecular weight is 240 g/mol. The average Bonchev–Trinajstić information content (AvgIpc) is 2.73. The molecule has 1 aliphatic heterocycles. The number of ether oxygens (including phenoxy) is 1. The van der Waals surface area contributed by atoms with Gasteiger partial charge in [-0.2, -0.15) is 0 Å². The second-order valence-electron chi connectivity index (χ2n) is 3.69. The lowest BCUT2D eigenvalue weighted by molar-refractivity contribution is -0.141. The molecule has 1 saturated heterocycles. The Morgan fingerprint density at radius 3 is 2.82 bits per heavy atom. The minimum Gasteiger partial charge on any atom is -0.480 e. The van der Waals surface area contributed by atoms with Crippen molar-refractivity contribution in [1.82, 2.24) is 10.2 Å². The van der Waals surface area contributed by atoms with Crippen LogP contribution in [-0.2, 0) is 9.53 Å². The fourth-order valence-electron chi connectivity index (χ4n) is 1.74. The van der Waals surface area contributed by atoms with Crippen molar-refractivity contribution in [3.63, 3.8) is 0 Å². The molecule has 6 nitrogen and oxygen atoms in total. The maximum atomic E-state index is 11.7. The lowest BCUT2D eigenvalue weighted by Gasteiger charge is -2.20. The van der Waals surface area contributed by atoms with E-state index in [2.05, 4.69) is 17.2 Å². The van der Waals surface area contributed by atoms with Gasteiger partial charge in [-0.1, -0.05) is 5.92 Å². The highest BCUT2D eigenvalue weighted by Gasteiger charge is 2.39. The smallest absolute Gasteiger partial charge is 0.326 e. The van der Waals surface area contributed by atoms with Gasteiger partial charge < -0.3 is 20.1 Å². The lowest BCUT2D eigenvalue weighted by Crippen LogP contribution is -2.46. The first-order chi connectivity index (χ1) is 8.10. The molecule has 1 aliphatic rings. The van der Waals surface area contributed by atoms with Gasteiger partial charge in [-0.25, -0.2) is 9.59 Å². The van der Waals surface area contributed by atoms with Gasteiger partial charge in [0.1, 0.15) is 6.04 Å². The van der Waals surface area contributed by atoms with E-state index in [1.165, 1.54) is 12.0 Å². The summed E-state index contributed by atoms with van der Waals surface area (Å²) in [6.07, 6.45) is 0.0951. The van der Waals surface area contributed by atoms with Crippen LogP contribution in [-0.4, -0.2) is 54.4 Å². The molecule has 0 spiro atoms. The molecule has 0 aromatic heterocycles. The van der Waals surface area contributed by atoms with Crippen molar-refractivity contribution in [2.75, 3.05) is 20.2 Å². The van der Waals surface area contributed by atoms with Gasteiger partial charge >= 0.3 is 12.0 Å². The summed E-state index contributed by atoms with van der Waals surface area (Å²) < 4.78 is 5.08. The van der Waals surface area contributed by atoms with Crippen LogP contribution in [0, 0.1) is 11.8 Å². The van der Waals surface area contributed by atoms with Crippen LogP contribution in [0.5, 0.6) is 0 Å². The van der Waals surface area contributed by atoms with Crippen LogP contribution in [0.1, 0.15) is 13.3 Å². The number of methoxy groups -OCH3 is 1. The highest BCUT2D eigenvalue weighted by Crippen LogP contribution is 2.20. The van der Waals surface area contributed by atoms with Crippen molar-refractivity contribution < 1.29 is 19.4 Å². The topological polar surface area (TPSA) is 78.9 Å². The summed E-state index contributed by atoms with van der Waals surface area (Å²) in [5.74, 6) is 4.32. The van der Waals surface area contributed by atoms with E-state index in [-0.39, 0.29) is 12.6 Å². The molecular weight excluding hydrogens is 224 g/mol. The molecule has 94 valence electrons. The molecule has 1 fully saturated rings. The Bertz CT molecular complexity index is 358. The number of amides is 2. The molecule has 0 aromatic rings. The van der Waals surface area contributed by atoms with Crippen molar-refractivity contribution in [3.05, 3.63) is 0 Å². The van der Waals surface area contributed by atoms with Crippen LogP contribution < -0.4 is 5.32 Å². The number of carboxylic acids is 1. The first kappa shape index (κ1) is 13.3. The molecule has 1 heterocycles. The molecule has 2 N–H and O–H groups in total. The predicted octanol–water partition coefficient (Wildman–Crippen LogP) is -0.107. The van der Waals surface area contributed by atoms with E-state index in [4.69, 9.17) is 9.84 Å². The van der Waals surface area contributed by atoms with Gasteiger partial charge in [-0.15, -0.1) is 5.92 Å². The number of hydrogen-bond donors (Lipinski definition) is 2. The predicted molar refractivity (Wildman–Crippen MR) is 60.4 cm³/mol. The van der Waals surface area contributed by atoms with Gasteiger partial charge in [0.25, 0.3) is 0 Å².